The molecule has 1 fully saturated rings. The van der Waals surface area contributed by atoms with Crippen molar-refractivity contribution in [2.75, 3.05) is 14.1 Å². The highest BCUT2D eigenvalue weighted by molar-refractivity contribution is 7.89. The lowest BCUT2D eigenvalue weighted by atomic mass is 10.2. The summed E-state index contributed by atoms with van der Waals surface area (Å²) in [5.74, 6) is -0.237. The molecule has 1 heterocycles. The summed E-state index contributed by atoms with van der Waals surface area (Å²) >= 11 is 0. The molecule has 1 aromatic heterocycles. The van der Waals surface area contributed by atoms with Crippen LogP contribution in [-0.2, 0) is 23.2 Å². The number of benzene rings is 1. The molecular weight excluding hydrogens is 355 g/mol. The maximum Gasteiger partial charge on any atom is 0.246 e. The first-order valence-corrected chi connectivity index (χ1v) is 10.2. The van der Waals surface area contributed by atoms with E-state index < -0.39 is 10.0 Å². The van der Waals surface area contributed by atoms with Gasteiger partial charge in [0.15, 0.2) is 6.67 Å². The van der Waals surface area contributed by atoms with Gasteiger partial charge in [-0.3, -0.25) is 0 Å². The Labute approximate surface area is 154 Å². The molecule has 0 saturated heterocycles. The van der Waals surface area contributed by atoms with Crippen LogP contribution in [-0.4, -0.2) is 42.6 Å². The van der Waals surface area contributed by atoms with E-state index in [1.54, 1.807) is 30.7 Å². The third kappa shape index (κ3) is 3.82. The third-order valence-corrected chi connectivity index (χ3v) is 6.97. The zero-order chi connectivity index (χ0) is 19.1. The van der Waals surface area contributed by atoms with Crippen molar-refractivity contribution in [1.82, 2.24) is 14.1 Å². The number of nitrogens with one attached hydrogen (secondary N) is 1. The average Bonchev–Trinajstić information content (AvgIpc) is 3.36. The molecule has 26 heavy (non-hydrogen) atoms. The molecule has 1 aliphatic rings. The van der Waals surface area contributed by atoms with Crippen molar-refractivity contribution in [3.63, 3.8) is 0 Å². The Morgan fingerprint density at radius 2 is 1.85 bits per heavy atom. The van der Waals surface area contributed by atoms with Crippen LogP contribution < -0.4 is 4.90 Å². The number of aromatic nitrogens is 2. The fourth-order valence-electron chi connectivity index (χ4n) is 3.27. The lowest BCUT2D eigenvalue weighted by Crippen LogP contribution is -3.11. The van der Waals surface area contributed by atoms with E-state index in [2.05, 4.69) is 5.10 Å². The number of quaternary nitrogens is 1. The molecule has 0 spiro atoms. The summed E-state index contributed by atoms with van der Waals surface area (Å²) in [7, 11) is -0.463. The maximum atomic E-state index is 13.1. The van der Waals surface area contributed by atoms with Crippen molar-refractivity contribution in [2.24, 2.45) is 0 Å². The average molecular weight is 381 g/mol. The largest absolute Gasteiger partial charge is 0.310 e. The van der Waals surface area contributed by atoms with Crippen LogP contribution in [0.3, 0.4) is 0 Å². The highest BCUT2D eigenvalue weighted by Gasteiger charge is 2.35. The van der Waals surface area contributed by atoms with Crippen molar-refractivity contribution >= 4 is 10.0 Å². The van der Waals surface area contributed by atoms with E-state index in [0.29, 0.717) is 29.0 Å². The zero-order valence-corrected chi connectivity index (χ0v) is 16.5. The Balaban J connectivity index is 1.85. The molecule has 1 unspecified atom stereocenters. The van der Waals surface area contributed by atoms with Crippen LogP contribution in [0.4, 0.5) is 4.39 Å². The van der Waals surface area contributed by atoms with Gasteiger partial charge >= 0.3 is 0 Å². The molecule has 1 aromatic carbocycles. The van der Waals surface area contributed by atoms with E-state index in [4.69, 9.17) is 0 Å². The van der Waals surface area contributed by atoms with Gasteiger partial charge in [0.25, 0.3) is 0 Å². The van der Waals surface area contributed by atoms with Crippen LogP contribution >= 0.6 is 0 Å². The number of hydrogen-bond acceptors (Lipinski definition) is 3. The first-order valence-electron chi connectivity index (χ1n) is 8.75. The van der Waals surface area contributed by atoms with Gasteiger partial charge in [-0.15, -0.1) is 0 Å². The third-order valence-electron chi connectivity index (χ3n) is 4.91. The van der Waals surface area contributed by atoms with E-state index in [9.17, 15) is 12.8 Å². The van der Waals surface area contributed by atoms with E-state index in [1.165, 1.54) is 35.4 Å². The highest BCUT2D eigenvalue weighted by atomic mass is 32.2. The first kappa shape index (κ1) is 19.0. The van der Waals surface area contributed by atoms with Crippen LogP contribution in [0.15, 0.2) is 29.2 Å². The van der Waals surface area contributed by atoms with Crippen LogP contribution in [0.25, 0.3) is 0 Å². The SMILES string of the molecule is Cc1nn(C[NH+](Cc2ccc(F)cc2)C2CC2)c(C)c1S(=O)(=O)N(C)C. The number of aryl methyl sites for hydroxylation is 1. The van der Waals surface area contributed by atoms with Crippen molar-refractivity contribution in [3.05, 3.63) is 47.0 Å². The molecule has 1 N–H and O–H groups in total. The zero-order valence-electron chi connectivity index (χ0n) is 15.7. The number of nitrogens with zero attached hydrogens (tertiary/aromatic N) is 3. The Hall–Kier alpha value is -1.77. The van der Waals surface area contributed by atoms with Crippen LogP contribution in [0, 0.1) is 19.7 Å². The molecule has 1 aliphatic carbocycles. The molecule has 1 saturated carbocycles. The lowest BCUT2D eigenvalue weighted by Gasteiger charge is -2.20. The van der Waals surface area contributed by atoms with Crippen LogP contribution in [0.5, 0.6) is 0 Å². The number of hydrogen-bond donors (Lipinski definition) is 1. The van der Waals surface area contributed by atoms with Crippen molar-refractivity contribution in [2.45, 2.75) is 50.8 Å². The molecule has 0 bridgehead atoms. The van der Waals surface area contributed by atoms with Gasteiger partial charge < -0.3 is 4.90 Å². The molecule has 3 rings (SSSR count). The Kier molecular flexibility index (Phi) is 5.18. The Morgan fingerprint density at radius 1 is 1.23 bits per heavy atom. The minimum absolute atomic E-state index is 0.237. The van der Waals surface area contributed by atoms with Crippen LogP contribution in [0.2, 0.25) is 0 Å². The molecule has 1 atom stereocenters. The summed E-state index contributed by atoms with van der Waals surface area (Å²) in [5, 5.41) is 4.49. The van der Waals surface area contributed by atoms with Gasteiger partial charge in [0, 0.05) is 32.5 Å². The normalized spacial score (nSPS) is 16.2. The minimum Gasteiger partial charge on any atom is -0.310 e. The summed E-state index contributed by atoms with van der Waals surface area (Å²) in [4.78, 5) is 1.61. The topological polar surface area (TPSA) is 59.6 Å². The highest BCUT2D eigenvalue weighted by Crippen LogP contribution is 2.22. The summed E-state index contributed by atoms with van der Waals surface area (Å²) in [6, 6.07) is 7.11. The van der Waals surface area contributed by atoms with Crippen molar-refractivity contribution in [1.29, 1.82) is 0 Å². The summed E-state index contributed by atoms with van der Waals surface area (Å²) < 4.78 is 41.3. The van der Waals surface area contributed by atoms with Gasteiger partial charge in [0.1, 0.15) is 17.3 Å². The maximum absolute atomic E-state index is 13.1. The second-order valence-electron chi connectivity index (χ2n) is 7.18. The van der Waals surface area contributed by atoms with Gasteiger partial charge in [-0.2, -0.15) is 5.10 Å². The van der Waals surface area contributed by atoms with Gasteiger partial charge in [-0.1, -0.05) is 12.1 Å². The number of sulfonamides is 1. The molecule has 142 valence electrons. The molecule has 2 aromatic rings. The molecule has 0 aliphatic heterocycles. The fraction of sp³-hybridized carbons (Fsp3) is 0.500. The van der Waals surface area contributed by atoms with Gasteiger partial charge in [-0.05, 0) is 26.0 Å². The molecule has 0 amide bonds. The van der Waals surface area contributed by atoms with E-state index in [1.807, 2.05) is 0 Å². The van der Waals surface area contributed by atoms with Crippen molar-refractivity contribution in [3.8, 4) is 0 Å². The predicted molar refractivity (Wildman–Crippen MR) is 96.7 cm³/mol. The van der Waals surface area contributed by atoms with Gasteiger partial charge in [0.05, 0.1) is 17.4 Å². The fourth-order valence-corrected chi connectivity index (χ4v) is 4.53. The van der Waals surface area contributed by atoms with Crippen LogP contribution in [0.1, 0.15) is 29.8 Å². The predicted octanol–water partition coefficient (Wildman–Crippen LogP) is 1.09. The standard InChI is InChI=1S/C18H25FN4O2S/c1-13-18(26(24,25)21(3)4)14(2)23(20-13)12-22(17-9-10-17)11-15-5-7-16(19)8-6-15/h5-8,17H,9-12H2,1-4H3/p+1. The molecule has 6 nitrogen and oxygen atoms in total. The summed E-state index contributed by atoms with van der Waals surface area (Å²) in [6.45, 7) is 4.90. The first-order chi connectivity index (χ1) is 12.2. The van der Waals surface area contributed by atoms with Crippen molar-refractivity contribution < 1.29 is 17.7 Å². The second kappa shape index (κ2) is 7.09. The Morgan fingerprint density at radius 3 is 2.38 bits per heavy atom. The number of rotatable bonds is 7. The minimum atomic E-state index is -3.52. The van der Waals surface area contributed by atoms with Gasteiger partial charge in [0.2, 0.25) is 10.0 Å². The quantitative estimate of drug-likeness (QED) is 0.781. The smallest absolute Gasteiger partial charge is 0.246 e. The second-order valence-corrected chi connectivity index (χ2v) is 9.27. The Bertz CT molecular complexity index is 887. The van der Waals surface area contributed by atoms with E-state index in [0.717, 1.165) is 24.9 Å². The monoisotopic (exact) mass is 381 g/mol. The summed E-state index contributed by atoms with van der Waals surface area (Å²) in [5.41, 5.74) is 2.25. The summed E-state index contributed by atoms with van der Waals surface area (Å²) in [6.07, 6.45) is 2.30. The lowest BCUT2D eigenvalue weighted by molar-refractivity contribution is -0.947. The van der Waals surface area contributed by atoms with E-state index in [-0.39, 0.29) is 5.82 Å². The molecular formula is C18H26FN4O2S+. The van der Waals surface area contributed by atoms with Gasteiger partial charge in [-0.25, -0.2) is 21.8 Å². The van der Waals surface area contributed by atoms with E-state index >= 15 is 0 Å². The number of halogens is 1. The molecule has 8 heteroatoms. The molecule has 0 radical (unpaired) electrons.